The molecular weight excluding hydrogens is 248 g/mol. The van der Waals surface area contributed by atoms with Crippen molar-refractivity contribution in [2.24, 2.45) is 0 Å². The Kier molecular flexibility index (Phi) is 2.85. The van der Waals surface area contributed by atoms with E-state index in [1.807, 2.05) is 0 Å². The van der Waals surface area contributed by atoms with Crippen LogP contribution in [0.15, 0.2) is 29.6 Å². The summed E-state index contributed by atoms with van der Waals surface area (Å²) in [7, 11) is 0. The van der Waals surface area contributed by atoms with E-state index >= 15 is 0 Å². The number of rotatable bonds is 2. The second kappa shape index (κ2) is 4.15. The zero-order valence-electron chi connectivity index (χ0n) is 7.98. The van der Waals surface area contributed by atoms with Gasteiger partial charge in [0.25, 0.3) is 0 Å². The molecule has 2 aromatic rings. The molecule has 0 aliphatic rings. The van der Waals surface area contributed by atoms with E-state index in [4.69, 9.17) is 16.7 Å². The van der Waals surface area contributed by atoms with Gasteiger partial charge >= 0.3 is 5.97 Å². The molecule has 0 aliphatic carbocycles. The average molecular weight is 255 g/mol. The minimum absolute atomic E-state index is 0.0963. The largest absolute Gasteiger partial charge is 0.507 e. The minimum atomic E-state index is -1.15. The zero-order chi connectivity index (χ0) is 11.7. The molecule has 0 bridgehead atoms. The molecular formula is C11H7ClO3S. The second-order valence-electron chi connectivity index (χ2n) is 3.13. The Hall–Kier alpha value is -1.52. The molecule has 82 valence electrons. The highest BCUT2D eigenvalue weighted by atomic mass is 35.5. The van der Waals surface area contributed by atoms with E-state index in [9.17, 15) is 9.90 Å². The number of carboxylic acid groups (broad SMARTS) is 1. The number of carbonyl (C=O) groups is 1. The van der Waals surface area contributed by atoms with Crippen LogP contribution in [0, 0.1) is 0 Å². The quantitative estimate of drug-likeness (QED) is 0.863. The maximum Gasteiger partial charge on any atom is 0.340 e. The highest BCUT2D eigenvalue weighted by Gasteiger charge is 2.17. The summed E-state index contributed by atoms with van der Waals surface area (Å²) in [6.07, 6.45) is 0. The Balaban J connectivity index is 2.65. The summed E-state index contributed by atoms with van der Waals surface area (Å²) in [5.74, 6) is -1.40. The molecule has 0 saturated heterocycles. The van der Waals surface area contributed by atoms with Gasteiger partial charge in [-0.25, -0.2) is 4.79 Å². The third-order valence-electron chi connectivity index (χ3n) is 2.09. The molecule has 0 spiro atoms. The van der Waals surface area contributed by atoms with E-state index in [2.05, 4.69) is 0 Å². The Morgan fingerprint density at radius 1 is 1.38 bits per heavy atom. The maximum absolute atomic E-state index is 11.0. The first-order valence-electron chi connectivity index (χ1n) is 4.39. The first kappa shape index (κ1) is 11.0. The van der Waals surface area contributed by atoms with Crippen LogP contribution in [0.25, 0.3) is 10.4 Å². The predicted molar refractivity (Wildman–Crippen MR) is 63.4 cm³/mol. The lowest BCUT2D eigenvalue weighted by atomic mass is 10.1. The Bertz CT molecular complexity index is 548. The number of carboxylic acids is 1. The van der Waals surface area contributed by atoms with Crippen LogP contribution in [-0.4, -0.2) is 16.2 Å². The third-order valence-corrected chi connectivity index (χ3v) is 3.40. The molecule has 2 rings (SSSR count). The molecule has 2 N–H and O–H groups in total. The van der Waals surface area contributed by atoms with Crippen LogP contribution < -0.4 is 0 Å². The number of hydrogen-bond acceptors (Lipinski definition) is 3. The highest BCUT2D eigenvalue weighted by Crippen LogP contribution is 2.35. The van der Waals surface area contributed by atoms with Crippen LogP contribution >= 0.6 is 22.9 Å². The molecule has 0 radical (unpaired) electrons. The van der Waals surface area contributed by atoms with Crippen LogP contribution in [0.3, 0.4) is 0 Å². The van der Waals surface area contributed by atoms with Gasteiger partial charge in [-0.15, -0.1) is 11.3 Å². The number of benzene rings is 1. The summed E-state index contributed by atoms with van der Waals surface area (Å²) >= 11 is 7.12. The minimum Gasteiger partial charge on any atom is -0.507 e. The first-order chi connectivity index (χ1) is 7.59. The van der Waals surface area contributed by atoms with E-state index < -0.39 is 5.97 Å². The Morgan fingerprint density at radius 2 is 2.12 bits per heavy atom. The van der Waals surface area contributed by atoms with Crippen molar-refractivity contribution >= 4 is 28.9 Å². The molecule has 0 amide bonds. The highest BCUT2D eigenvalue weighted by molar-refractivity contribution is 7.14. The summed E-state index contributed by atoms with van der Waals surface area (Å²) in [6.45, 7) is 0. The fraction of sp³-hybridized carbons (Fsp3) is 0. The number of hydrogen-bond donors (Lipinski definition) is 2. The Morgan fingerprint density at radius 3 is 2.69 bits per heavy atom. The Labute approximate surface area is 101 Å². The van der Waals surface area contributed by atoms with Gasteiger partial charge in [0.1, 0.15) is 11.3 Å². The molecule has 1 aromatic carbocycles. The summed E-state index contributed by atoms with van der Waals surface area (Å²) < 4.78 is 0. The lowest BCUT2D eigenvalue weighted by Gasteiger charge is -2.05. The maximum atomic E-state index is 11.0. The van der Waals surface area contributed by atoms with Gasteiger partial charge in [-0.1, -0.05) is 23.7 Å². The van der Waals surface area contributed by atoms with Crippen molar-refractivity contribution < 1.29 is 15.0 Å². The van der Waals surface area contributed by atoms with Crippen molar-refractivity contribution in [2.75, 3.05) is 0 Å². The van der Waals surface area contributed by atoms with Crippen molar-refractivity contribution in [3.05, 3.63) is 40.2 Å². The smallest absolute Gasteiger partial charge is 0.340 e. The van der Waals surface area contributed by atoms with Gasteiger partial charge in [0.05, 0.1) is 5.02 Å². The van der Waals surface area contributed by atoms with Crippen molar-refractivity contribution in [1.82, 2.24) is 0 Å². The predicted octanol–water partition coefficient (Wildman–Crippen LogP) is 3.47. The van der Waals surface area contributed by atoms with Crippen molar-refractivity contribution in [3.8, 4) is 16.2 Å². The van der Waals surface area contributed by atoms with Crippen molar-refractivity contribution in [2.45, 2.75) is 0 Å². The average Bonchev–Trinajstić information content (AvgIpc) is 2.63. The van der Waals surface area contributed by atoms with Gasteiger partial charge in [-0.2, -0.15) is 0 Å². The van der Waals surface area contributed by atoms with Crippen LogP contribution in [0.5, 0.6) is 5.75 Å². The normalized spacial score (nSPS) is 10.3. The van der Waals surface area contributed by atoms with E-state index in [0.717, 1.165) is 4.88 Å². The summed E-state index contributed by atoms with van der Waals surface area (Å²) in [5, 5.41) is 20.8. The molecule has 0 saturated carbocycles. The fourth-order valence-corrected chi connectivity index (χ4v) is 2.53. The van der Waals surface area contributed by atoms with Gasteiger partial charge in [0, 0.05) is 15.8 Å². The molecule has 0 atom stereocenters. The first-order valence-corrected chi connectivity index (χ1v) is 5.65. The van der Waals surface area contributed by atoms with Crippen LogP contribution in [-0.2, 0) is 0 Å². The molecule has 1 heterocycles. The SMILES string of the molecule is O=C(O)c1c(O)cccc1-c1cc(Cl)cs1. The standard InChI is InChI=1S/C11H7ClO3S/c12-6-4-9(16-5-6)7-2-1-3-8(13)10(7)11(14)15/h1-5,13H,(H,14,15). The lowest BCUT2D eigenvalue weighted by Crippen LogP contribution is -1.99. The van der Waals surface area contributed by atoms with Gasteiger partial charge in [0.2, 0.25) is 0 Å². The van der Waals surface area contributed by atoms with Crippen molar-refractivity contribution in [3.63, 3.8) is 0 Å². The van der Waals surface area contributed by atoms with Gasteiger partial charge < -0.3 is 10.2 Å². The van der Waals surface area contributed by atoms with Crippen LogP contribution in [0.2, 0.25) is 5.02 Å². The molecule has 3 nitrogen and oxygen atoms in total. The van der Waals surface area contributed by atoms with E-state index in [0.29, 0.717) is 10.6 Å². The molecule has 1 aromatic heterocycles. The van der Waals surface area contributed by atoms with Gasteiger partial charge in [0.15, 0.2) is 0 Å². The lowest BCUT2D eigenvalue weighted by molar-refractivity contribution is 0.0694. The number of aromatic hydroxyl groups is 1. The monoisotopic (exact) mass is 254 g/mol. The summed E-state index contributed by atoms with van der Waals surface area (Å²) in [4.78, 5) is 11.8. The molecule has 16 heavy (non-hydrogen) atoms. The van der Waals surface area contributed by atoms with E-state index in [-0.39, 0.29) is 11.3 Å². The van der Waals surface area contributed by atoms with E-state index in [1.54, 1.807) is 23.6 Å². The zero-order valence-corrected chi connectivity index (χ0v) is 9.55. The van der Waals surface area contributed by atoms with Gasteiger partial charge in [-0.3, -0.25) is 0 Å². The fourth-order valence-electron chi connectivity index (χ4n) is 1.42. The molecule has 0 fully saturated rings. The van der Waals surface area contributed by atoms with Gasteiger partial charge in [-0.05, 0) is 12.1 Å². The topological polar surface area (TPSA) is 57.5 Å². The van der Waals surface area contributed by atoms with Crippen LogP contribution in [0.1, 0.15) is 10.4 Å². The number of aromatic carboxylic acids is 1. The number of thiophene rings is 1. The third kappa shape index (κ3) is 1.89. The number of phenols is 1. The summed E-state index contributed by atoms with van der Waals surface area (Å²) in [6, 6.07) is 6.27. The van der Waals surface area contributed by atoms with Crippen LogP contribution in [0.4, 0.5) is 0 Å². The molecule has 0 aliphatic heterocycles. The summed E-state index contributed by atoms with van der Waals surface area (Å²) in [5.41, 5.74) is 0.380. The molecule has 0 unspecified atom stereocenters. The second-order valence-corrected chi connectivity index (χ2v) is 4.48. The van der Waals surface area contributed by atoms with Crippen molar-refractivity contribution in [1.29, 1.82) is 0 Å². The number of halogens is 1. The molecule has 5 heteroatoms. The van der Waals surface area contributed by atoms with E-state index in [1.165, 1.54) is 17.4 Å².